The first-order valence-electron chi connectivity index (χ1n) is 13.3. The summed E-state index contributed by atoms with van der Waals surface area (Å²) in [5.74, 6) is -5.21. The number of ether oxygens (including phenoxy) is 2. The molecule has 0 aromatic heterocycles. The van der Waals surface area contributed by atoms with Gasteiger partial charge in [-0.25, -0.2) is 0 Å². The fraction of sp³-hybridized carbons (Fsp3) is 0.483. The van der Waals surface area contributed by atoms with Crippen LogP contribution in [0.4, 0.5) is 0 Å². The van der Waals surface area contributed by atoms with Crippen molar-refractivity contribution in [3.63, 3.8) is 0 Å². The van der Waals surface area contributed by atoms with Crippen LogP contribution in [-0.2, 0) is 9.53 Å². The van der Waals surface area contributed by atoms with Gasteiger partial charge in [-0.05, 0) is 31.9 Å². The van der Waals surface area contributed by atoms with Crippen molar-refractivity contribution in [1.29, 1.82) is 0 Å². The maximum atomic E-state index is 13.7. The number of hydrogen-bond donors (Lipinski definition) is 6. The molecular weight excluding hydrogens is 522 g/mol. The van der Waals surface area contributed by atoms with Gasteiger partial charge in [-0.2, -0.15) is 0 Å². The largest absolute Gasteiger partial charge is 0.507 e. The molecule has 0 aliphatic heterocycles. The van der Waals surface area contributed by atoms with E-state index in [2.05, 4.69) is 5.32 Å². The molecule has 1 saturated carbocycles. The lowest BCUT2D eigenvalue weighted by atomic mass is 9.71. The number of likely N-dealkylation sites (N-methyl/N-ethyl adjacent to an activating group) is 1. The molecule has 0 spiro atoms. The third-order valence-corrected chi connectivity index (χ3v) is 8.55. The Morgan fingerprint density at radius 3 is 2.33 bits per heavy atom. The standard InChI is InChI=1S/C29H33NO10/c1-11-7-12(8-14(30-2)25(11)34)40-18-9-15(32)20(16(33)10-31)22-21(18)28(37)24-23(29(22)38)26(35)13-5-4-6-17(39-3)19(13)27(24)36/h4-6,11-12,14-15,18,20,25,30-32,34,37-38H,7-10H2,1-3H3. The van der Waals surface area contributed by atoms with E-state index in [1.54, 1.807) is 7.05 Å². The van der Waals surface area contributed by atoms with Gasteiger partial charge in [0.2, 0.25) is 5.78 Å². The zero-order chi connectivity index (χ0) is 29.0. The van der Waals surface area contributed by atoms with Gasteiger partial charge in [-0.1, -0.05) is 19.1 Å². The number of aliphatic hydroxyl groups is 3. The second-order valence-corrected chi connectivity index (χ2v) is 10.8. The Kier molecular flexibility index (Phi) is 7.45. The van der Waals surface area contributed by atoms with E-state index >= 15 is 0 Å². The molecule has 0 heterocycles. The van der Waals surface area contributed by atoms with Crippen LogP contribution in [0.25, 0.3) is 0 Å². The average Bonchev–Trinajstić information content (AvgIpc) is 2.94. The van der Waals surface area contributed by atoms with Gasteiger partial charge >= 0.3 is 0 Å². The Morgan fingerprint density at radius 2 is 1.68 bits per heavy atom. The highest BCUT2D eigenvalue weighted by Gasteiger charge is 2.48. The molecule has 1 fully saturated rings. The number of nitrogens with one attached hydrogen (secondary N) is 1. The second-order valence-electron chi connectivity index (χ2n) is 10.8. The minimum atomic E-state index is -1.47. The van der Waals surface area contributed by atoms with Gasteiger partial charge in [-0.3, -0.25) is 14.4 Å². The van der Waals surface area contributed by atoms with E-state index in [1.807, 2.05) is 6.92 Å². The van der Waals surface area contributed by atoms with Crippen molar-refractivity contribution >= 4 is 17.3 Å². The fourth-order valence-corrected chi connectivity index (χ4v) is 6.59. The highest BCUT2D eigenvalue weighted by Crippen LogP contribution is 2.54. The Bertz CT molecular complexity index is 1390. The monoisotopic (exact) mass is 555 g/mol. The smallest absolute Gasteiger partial charge is 0.202 e. The number of carbonyl (C=O) groups is 3. The summed E-state index contributed by atoms with van der Waals surface area (Å²) in [4.78, 5) is 40.2. The third kappa shape index (κ3) is 4.20. The zero-order valence-corrected chi connectivity index (χ0v) is 22.4. The van der Waals surface area contributed by atoms with Crippen LogP contribution in [0, 0.1) is 5.92 Å². The van der Waals surface area contributed by atoms with E-state index in [4.69, 9.17) is 9.47 Å². The molecule has 11 heteroatoms. The molecule has 40 heavy (non-hydrogen) atoms. The highest BCUT2D eigenvalue weighted by molar-refractivity contribution is 6.31. The Labute approximate surface area is 230 Å². The molecule has 11 nitrogen and oxygen atoms in total. The van der Waals surface area contributed by atoms with Crippen molar-refractivity contribution in [3.05, 3.63) is 51.6 Å². The molecule has 0 bridgehead atoms. The molecule has 6 N–H and O–H groups in total. The Hall–Kier alpha value is -3.35. The number of rotatable bonds is 6. The summed E-state index contributed by atoms with van der Waals surface area (Å²) < 4.78 is 11.7. The lowest BCUT2D eigenvalue weighted by molar-refractivity contribution is -0.129. The maximum Gasteiger partial charge on any atom is 0.202 e. The molecule has 7 unspecified atom stereocenters. The molecule has 0 radical (unpaired) electrons. The quantitative estimate of drug-likeness (QED) is 0.240. The van der Waals surface area contributed by atoms with Gasteiger partial charge in [0.1, 0.15) is 23.9 Å². The van der Waals surface area contributed by atoms with Gasteiger partial charge < -0.3 is 40.3 Å². The minimum Gasteiger partial charge on any atom is -0.507 e. The molecule has 2 aromatic rings. The van der Waals surface area contributed by atoms with E-state index in [0.29, 0.717) is 12.8 Å². The normalized spacial score (nSPS) is 29.4. The van der Waals surface area contributed by atoms with Crippen LogP contribution in [0.3, 0.4) is 0 Å². The van der Waals surface area contributed by atoms with E-state index < -0.39 is 76.9 Å². The van der Waals surface area contributed by atoms with Crippen molar-refractivity contribution in [2.24, 2.45) is 5.92 Å². The zero-order valence-electron chi connectivity index (χ0n) is 22.4. The topological polar surface area (TPSA) is 183 Å². The van der Waals surface area contributed by atoms with Crippen LogP contribution in [-0.4, -0.2) is 88.0 Å². The summed E-state index contributed by atoms with van der Waals surface area (Å²) in [7, 11) is 3.06. The third-order valence-electron chi connectivity index (χ3n) is 8.55. The molecule has 0 saturated heterocycles. The fourth-order valence-electron chi connectivity index (χ4n) is 6.59. The summed E-state index contributed by atoms with van der Waals surface area (Å²) >= 11 is 0. The van der Waals surface area contributed by atoms with Crippen LogP contribution >= 0.6 is 0 Å². The van der Waals surface area contributed by atoms with E-state index in [1.165, 1.54) is 25.3 Å². The van der Waals surface area contributed by atoms with Gasteiger partial charge in [0.05, 0.1) is 54.1 Å². The number of phenols is 2. The number of aromatic hydroxyl groups is 2. The van der Waals surface area contributed by atoms with Crippen LogP contribution < -0.4 is 10.1 Å². The first-order valence-corrected chi connectivity index (χ1v) is 13.3. The summed E-state index contributed by atoms with van der Waals surface area (Å²) in [5, 5.41) is 57.4. The maximum absolute atomic E-state index is 13.7. The SMILES string of the molecule is CNC1CC(OC2CC(O)C(C(=O)CO)c3c(O)c4c(c(O)c32)C(=O)c2c(OC)cccc2C4=O)CC(C)C1O. The minimum absolute atomic E-state index is 0.0476. The molecule has 2 aromatic carbocycles. The number of aliphatic hydroxyl groups excluding tert-OH is 3. The van der Waals surface area contributed by atoms with E-state index in [0.717, 1.165) is 0 Å². The molecule has 5 rings (SSSR count). The lowest BCUT2D eigenvalue weighted by Gasteiger charge is -2.42. The molecule has 7 atom stereocenters. The average molecular weight is 556 g/mol. The summed E-state index contributed by atoms with van der Waals surface area (Å²) in [6, 6.07) is 4.12. The van der Waals surface area contributed by atoms with E-state index in [-0.39, 0.29) is 46.4 Å². The number of ketones is 3. The summed E-state index contributed by atoms with van der Waals surface area (Å²) in [5.41, 5.74) is -1.39. The van der Waals surface area contributed by atoms with Gasteiger partial charge in [-0.15, -0.1) is 0 Å². The molecule has 214 valence electrons. The van der Waals surface area contributed by atoms with Crippen molar-refractivity contribution in [1.82, 2.24) is 5.32 Å². The number of hydrogen-bond acceptors (Lipinski definition) is 11. The number of phenolic OH excluding ortho intramolecular Hbond substituents is 2. The van der Waals surface area contributed by atoms with Gasteiger partial charge in [0.25, 0.3) is 0 Å². The lowest BCUT2D eigenvalue weighted by Crippen LogP contribution is -2.49. The predicted molar refractivity (Wildman–Crippen MR) is 140 cm³/mol. The van der Waals surface area contributed by atoms with Crippen molar-refractivity contribution in [2.75, 3.05) is 20.8 Å². The number of Topliss-reactive ketones (excluding diaryl/α,β-unsaturated/α-hetero) is 1. The Morgan fingerprint density at radius 1 is 1.00 bits per heavy atom. The van der Waals surface area contributed by atoms with Gasteiger partial charge in [0, 0.05) is 29.2 Å². The first kappa shape index (κ1) is 28.2. The number of fused-ring (bicyclic) bond motifs is 3. The van der Waals surface area contributed by atoms with E-state index in [9.17, 15) is 39.9 Å². The van der Waals surface area contributed by atoms with Crippen LogP contribution in [0.15, 0.2) is 18.2 Å². The highest BCUT2D eigenvalue weighted by atomic mass is 16.5. The first-order chi connectivity index (χ1) is 19.0. The van der Waals surface area contributed by atoms with Crippen LogP contribution in [0.2, 0.25) is 0 Å². The van der Waals surface area contributed by atoms with Crippen LogP contribution in [0.1, 0.15) is 81.2 Å². The summed E-state index contributed by atoms with van der Waals surface area (Å²) in [6.45, 7) is 0.914. The molecule has 3 aliphatic carbocycles. The molecule has 3 aliphatic rings. The second kappa shape index (κ2) is 10.6. The number of carbonyl (C=O) groups excluding carboxylic acids is 3. The predicted octanol–water partition coefficient (Wildman–Crippen LogP) is 1.10. The molecular formula is C29H33NO10. The Balaban J connectivity index is 1.70. The van der Waals surface area contributed by atoms with Crippen molar-refractivity contribution in [2.45, 2.75) is 62.6 Å². The van der Waals surface area contributed by atoms with Gasteiger partial charge in [0.15, 0.2) is 11.6 Å². The number of benzene rings is 2. The molecule has 0 amide bonds. The summed E-state index contributed by atoms with van der Waals surface area (Å²) in [6.07, 6.45) is -2.87. The van der Waals surface area contributed by atoms with Crippen LogP contribution in [0.5, 0.6) is 17.2 Å². The number of methoxy groups -OCH3 is 1. The van der Waals surface area contributed by atoms with Crippen molar-refractivity contribution in [3.8, 4) is 17.2 Å². The van der Waals surface area contributed by atoms with Crippen molar-refractivity contribution < 1.29 is 49.4 Å².